The van der Waals surface area contributed by atoms with Gasteiger partial charge >= 0.3 is 0 Å². The fourth-order valence-electron chi connectivity index (χ4n) is 1.13. The van der Waals surface area contributed by atoms with E-state index in [0.717, 1.165) is 19.4 Å². The van der Waals surface area contributed by atoms with Crippen molar-refractivity contribution in [3.8, 4) is 0 Å². The molecule has 1 atom stereocenters. The van der Waals surface area contributed by atoms with E-state index in [1.54, 1.807) is 0 Å². The summed E-state index contributed by atoms with van der Waals surface area (Å²) in [7, 11) is 0. The number of hydrogen-bond acceptors (Lipinski definition) is 3. The second-order valence-electron chi connectivity index (χ2n) is 4.09. The van der Waals surface area contributed by atoms with E-state index in [1.807, 2.05) is 0 Å². The fourth-order valence-corrected chi connectivity index (χ4v) is 1.13. The molecule has 0 aromatic carbocycles. The van der Waals surface area contributed by atoms with Crippen LogP contribution in [-0.2, 0) is 9.47 Å². The molecule has 0 radical (unpaired) electrons. The molecular weight excluding hydrogens is 178 g/mol. The van der Waals surface area contributed by atoms with Gasteiger partial charge in [0.1, 0.15) is 0 Å². The molecule has 86 valence electrons. The lowest BCUT2D eigenvalue weighted by Crippen LogP contribution is -2.26. The Bertz CT molecular complexity index is 118. The predicted molar refractivity (Wildman–Crippen MR) is 59.4 cm³/mol. The van der Waals surface area contributed by atoms with Crippen LogP contribution in [0.15, 0.2) is 0 Å². The van der Waals surface area contributed by atoms with E-state index in [2.05, 4.69) is 20.8 Å². The normalized spacial score (nSPS) is 13.5. The van der Waals surface area contributed by atoms with Crippen molar-refractivity contribution in [1.82, 2.24) is 0 Å². The van der Waals surface area contributed by atoms with Crippen molar-refractivity contribution >= 4 is 0 Å². The summed E-state index contributed by atoms with van der Waals surface area (Å²) in [6.45, 7) is 9.20. The Labute approximate surface area is 88.0 Å². The zero-order chi connectivity index (χ0) is 10.8. The standard InChI is InChI=1S/C11H25NO2/c1-4-5-11(12)9-14-7-6-13-8-10(2)3/h10-11H,4-9,12H2,1-3H3. The molecule has 0 bridgehead atoms. The summed E-state index contributed by atoms with van der Waals surface area (Å²) >= 11 is 0. The minimum atomic E-state index is 0.185. The minimum absolute atomic E-state index is 0.185. The van der Waals surface area contributed by atoms with Crippen molar-refractivity contribution in [2.24, 2.45) is 11.7 Å². The van der Waals surface area contributed by atoms with Crippen molar-refractivity contribution in [2.75, 3.05) is 26.4 Å². The minimum Gasteiger partial charge on any atom is -0.379 e. The van der Waals surface area contributed by atoms with Crippen molar-refractivity contribution in [1.29, 1.82) is 0 Å². The summed E-state index contributed by atoms with van der Waals surface area (Å²) in [5.74, 6) is 0.595. The van der Waals surface area contributed by atoms with Crippen LogP contribution >= 0.6 is 0 Å². The van der Waals surface area contributed by atoms with Gasteiger partial charge in [-0.1, -0.05) is 27.2 Å². The number of rotatable bonds is 9. The number of nitrogens with two attached hydrogens (primary N) is 1. The maximum atomic E-state index is 5.78. The molecule has 3 heteroatoms. The molecule has 2 N–H and O–H groups in total. The van der Waals surface area contributed by atoms with Crippen molar-refractivity contribution in [3.63, 3.8) is 0 Å². The van der Waals surface area contributed by atoms with Crippen molar-refractivity contribution < 1.29 is 9.47 Å². The Balaban J connectivity index is 3.05. The quantitative estimate of drug-likeness (QED) is 0.581. The Morgan fingerprint density at radius 2 is 1.64 bits per heavy atom. The third-order valence-electron chi connectivity index (χ3n) is 1.81. The second kappa shape index (κ2) is 9.44. The average Bonchev–Trinajstić information content (AvgIpc) is 2.11. The van der Waals surface area contributed by atoms with E-state index in [9.17, 15) is 0 Å². The number of ether oxygens (including phenoxy) is 2. The van der Waals surface area contributed by atoms with E-state index < -0.39 is 0 Å². The third kappa shape index (κ3) is 9.96. The zero-order valence-corrected chi connectivity index (χ0v) is 9.79. The highest BCUT2D eigenvalue weighted by atomic mass is 16.5. The van der Waals surface area contributed by atoms with Crippen LogP contribution in [0.1, 0.15) is 33.6 Å². The summed E-state index contributed by atoms with van der Waals surface area (Å²) in [6, 6.07) is 0.185. The monoisotopic (exact) mass is 203 g/mol. The van der Waals surface area contributed by atoms with Crippen molar-refractivity contribution in [2.45, 2.75) is 39.7 Å². The Hall–Kier alpha value is -0.120. The van der Waals surface area contributed by atoms with Crippen LogP contribution in [0.2, 0.25) is 0 Å². The van der Waals surface area contributed by atoms with Crippen LogP contribution in [0.5, 0.6) is 0 Å². The lowest BCUT2D eigenvalue weighted by molar-refractivity contribution is 0.0328. The summed E-state index contributed by atoms with van der Waals surface area (Å²) < 4.78 is 10.8. The van der Waals surface area contributed by atoms with Crippen LogP contribution in [0.3, 0.4) is 0 Å². The first kappa shape index (κ1) is 13.9. The highest BCUT2D eigenvalue weighted by Crippen LogP contribution is 1.95. The molecule has 0 aromatic rings. The van der Waals surface area contributed by atoms with E-state index in [0.29, 0.717) is 25.7 Å². The average molecular weight is 203 g/mol. The van der Waals surface area contributed by atoms with Gasteiger partial charge in [0.25, 0.3) is 0 Å². The molecular formula is C11H25NO2. The topological polar surface area (TPSA) is 44.5 Å². The van der Waals surface area contributed by atoms with Gasteiger partial charge < -0.3 is 15.2 Å². The lowest BCUT2D eigenvalue weighted by atomic mass is 10.2. The highest BCUT2D eigenvalue weighted by Gasteiger charge is 2.00. The molecule has 0 aliphatic carbocycles. The van der Waals surface area contributed by atoms with Crippen LogP contribution in [0.25, 0.3) is 0 Å². The molecule has 0 fully saturated rings. The molecule has 3 nitrogen and oxygen atoms in total. The molecule has 0 heterocycles. The smallest absolute Gasteiger partial charge is 0.0701 e. The molecule has 0 aliphatic heterocycles. The van der Waals surface area contributed by atoms with Gasteiger partial charge in [-0.2, -0.15) is 0 Å². The Morgan fingerprint density at radius 1 is 1.07 bits per heavy atom. The van der Waals surface area contributed by atoms with Crippen molar-refractivity contribution in [3.05, 3.63) is 0 Å². The molecule has 14 heavy (non-hydrogen) atoms. The first-order valence-corrected chi connectivity index (χ1v) is 5.57. The summed E-state index contributed by atoms with van der Waals surface area (Å²) in [4.78, 5) is 0. The lowest BCUT2D eigenvalue weighted by Gasteiger charge is -2.11. The van der Waals surface area contributed by atoms with Gasteiger partial charge in [0.15, 0.2) is 0 Å². The Morgan fingerprint density at radius 3 is 2.14 bits per heavy atom. The summed E-state index contributed by atoms with van der Waals surface area (Å²) in [5.41, 5.74) is 5.78. The van der Waals surface area contributed by atoms with Gasteiger partial charge in [-0.25, -0.2) is 0 Å². The van der Waals surface area contributed by atoms with Crippen LogP contribution in [-0.4, -0.2) is 32.5 Å². The van der Waals surface area contributed by atoms with Crippen LogP contribution in [0, 0.1) is 5.92 Å². The first-order valence-electron chi connectivity index (χ1n) is 5.57. The third-order valence-corrected chi connectivity index (χ3v) is 1.81. The fraction of sp³-hybridized carbons (Fsp3) is 1.00. The van der Waals surface area contributed by atoms with Gasteiger partial charge in [0.05, 0.1) is 19.8 Å². The molecule has 0 saturated carbocycles. The maximum absolute atomic E-state index is 5.78. The summed E-state index contributed by atoms with van der Waals surface area (Å²) in [5, 5.41) is 0. The van der Waals surface area contributed by atoms with E-state index >= 15 is 0 Å². The molecule has 0 amide bonds. The van der Waals surface area contributed by atoms with Gasteiger partial charge in [-0.05, 0) is 12.3 Å². The summed E-state index contributed by atoms with van der Waals surface area (Å²) in [6.07, 6.45) is 2.15. The molecule has 0 aliphatic rings. The Kier molecular flexibility index (Phi) is 9.35. The predicted octanol–water partition coefficient (Wildman–Crippen LogP) is 1.80. The van der Waals surface area contributed by atoms with Gasteiger partial charge in [0, 0.05) is 12.6 Å². The molecule has 0 rings (SSSR count). The van der Waals surface area contributed by atoms with Gasteiger partial charge in [-0.15, -0.1) is 0 Å². The SMILES string of the molecule is CCCC(N)COCCOCC(C)C. The van der Waals surface area contributed by atoms with Gasteiger partial charge in [0.2, 0.25) is 0 Å². The first-order chi connectivity index (χ1) is 6.66. The van der Waals surface area contributed by atoms with E-state index in [-0.39, 0.29) is 6.04 Å². The molecule has 0 aromatic heterocycles. The van der Waals surface area contributed by atoms with Crippen LogP contribution < -0.4 is 5.73 Å². The maximum Gasteiger partial charge on any atom is 0.0701 e. The largest absolute Gasteiger partial charge is 0.379 e. The number of hydrogen-bond donors (Lipinski definition) is 1. The van der Waals surface area contributed by atoms with E-state index in [1.165, 1.54) is 0 Å². The molecule has 0 spiro atoms. The van der Waals surface area contributed by atoms with Crippen LogP contribution in [0.4, 0.5) is 0 Å². The molecule has 1 unspecified atom stereocenters. The zero-order valence-electron chi connectivity index (χ0n) is 9.79. The molecule has 0 saturated heterocycles. The highest BCUT2D eigenvalue weighted by molar-refractivity contribution is 4.57. The van der Waals surface area contributed by atoms with Gasteiger partial charge in [-0.3, -0.25) is 0 Å². The van der Waals surface area contributed by atoms with E-state index in [4.69, 9.17) is 15.2 Å². The second-order valence-corrected chi connectivity index (χ2v) is 4.09.